The average molecular weight is 462 g/mol. The summed E-state index contributed by atoms with van der Waals surface area (Å²) >= 11 is 3.34. The van der Waals surface area contributed by atoms with Crippen LogP contribution < -0.4 is 4.74 Å². The van der Waals surface area contributed by atoms with Gasteiger partial charge < -0.3 is 9.47 Å². The van der Waals surface area contributed by atoms with Crippen molar-refractivity contribution in [1.29, 1.82) is 0 Å². The highest BCUT2D eigenvalue weighted by molar-refractivity contribution is 9.10. The largest absolute Gasteiger partial charge is 0.423 e. The zero-order valence-corrected chi connectivity index (χ0v) is 17.5. The van der Waals surface area contributed by atoms with Gasteiger partial charge in [0.1, 0.15) is 5.75 Å². The molecular weight excluding hydrogens is 446 g/mol. The van der Waals surface area contributed by atoms with Crippen molar-refractivity contribution in [2.75, 3.05) is 0 Å². The molecule has 0 aromatic heterocycles. The Morgan fingerprint density at radius 3 is 2.53 bits per heavy atom. The number of aliphatic imine (C=N–C) groups is 1. The van der Waals surface area contributed by atoms with E-state index in [9.17, 15) is 9.59 Å². The molecule has 0 radical (unpaired) electrons. The second-order valence-corrected chi connectivity index (χ2v) is 7.50. The number of benzene rings is 3. The van der Waals surface area contributed by atoms with Gasteiger partial charge >= 0.3 is 11.9 Å². The number of hydrogen-bond acceptors (Lipinski definition) is 5. The number of carbonyl (C=O) groups excluding carboxylic acids is 2. The minimum absolute atomic E-state index is 0.212. The van der Waals surface area contributed by atoms with Crippen molar-refractivity contribution in [3.05, 3.63) is 105 Å². The van der Waals surface area contributed by atoms with Crippen molar-refractivity contribution in [3.8, 4) is 5.75 Å². The summed E-state index contributed by atoms with van der Waals surface area (Å²) in [6.07, 6.45) is 1.63. The second-order valence-electron chi connectivity index (χ2n) is 6.64. The van der Waals surface area contributed by atoms with Crippen LogP contribution >= 0.6 is 15.9 Å². The Morgan fingerprint density at radius 1 is 1.03 bits per heavy atom. The van der Waals surface area contributed by atoms with Crippen LogP contribution in [0.2, 0.25) is 0 Å². The molecule has 3 aromatic carbocycles. The normalized spacial score (nSPS) is 14.4. The molecule has 4 rings (SSSR count). The lowest BCUT2D eigenvalue weighted by Crippen LogP contribution is -2.09. The predicted octanol–water partition coefficient (Wildman–Crippen LogP) is 5.32. The van der Waals surface area contributed by atoms with Gasteiger partial charge in [0.25, 0.3) is 0 Å². The minimum Gasteiger partial charge on any atom is -0.423 e. The smallest absolute Gasteiger partial charge is 0.363 e. The first-order valence-corrected chi connectivity index (χ1v) is 9.95. The molecule has 148 valence electrons. The fraction of sp³-hybridized carbons (Fsp3) is 0.0417. The summed E-state index contributed by atoms with van der Waals surface area (Å²) in [6.45, 7) is 1.96. The Hall–Kier alpha value is -3.51. The lowest BCUT2D eigenvalue weighted by molar-refractivity contribution is -0.129. The minimum atomic E-state index is -0.504. The van der Waals surface area contributed by atoms with Gasteiger partial charge in [0.05, 0.1) is 5.56 Å². The molecule has 0 fully saturated rings. The van der Waals surface area contributed by atoms with E-state index in [2.05, 4.69) is 20.9 Å². The molecule has 0 aliphatic carbocycles. The van der Waals surface area contributed by atoms with E-state index in [4.69, 9.17) is 9.47 Å². The standard InChI is InChI=1S/C24H16BrNO4/c1-15-5-4-6-17(13-15)22-26-21(24(28)30-22)14-16-9-11-18(12-10-16)29-23(27)19-7-2-3-8-20(19)25/h2-14H,1H3/b21-14-. The zero-order chi connectivity index (χ0) is 21.1. The van der Waals surface area contributed by atoms with Gasteiger partial charge in [0.15, 0.2) is 5.70 Å². The molecule has 0 unspecified atom stereocenters. The van der Waals surface area contributed by atoms with Crippen molar-refractivity contribution in [1.82, 2.24) is 0 Å². The Kier molecular flexibility index (Phi) is 5.59. The molecular formula is C24H16BrNO4. The Labute approximate surface area is 181 Å². The average Bonchev–Trinajstić information content (AvgIpc) is 3.10. The van der Waals surface area contributed by atoms with Gasteiger partial charge in [0, 0.05) is 10.0 Å². The van der Waals surface area contributed by atoms with Gasteiger partial charge in [-0.25, -0.2) is 14.6 Å². The number of rotatable bonds is 4. The summed E-state index contributed by atoms with van der Waals surface area (Å²) in [6, 6.07) is 21.4. The number of esters is 2. The van der Waals surface area contributed by atoms with Gasteiger partial charge in [-0.05, 0) is 70.9 Å². The quantitative estimate of drug-likeness (QED) is 0.299. The van der Waals surface area contributed by atoms with E-state index in [0.29, 0.717) is 15.8 Å². The maximum absolute atomic E-state index is 12.3. The molecule has 0 saturated heterocycles. The van der Waals surface area contributed by atoms with Crippen LogP contribution in [-0.4, -0.2) is 17.8 Å². The van der Waals surface area contributed by atoms with Crippen LogP contribution in [-0.2, 0) is 9.53 Å². The molecule has 0 atom stereocenters. The zero-order valence-electron chi connectivity index (χ0n) is 16.0. The van der Waals surface area contributed by atoms with Crippen molar-refractivity contribution in [2.24, 2.45) is 4.99 Å². The van der Waals surface area contributed by atoms with Gasteiger partial charge in [-0.2, -0.15) is 0 Å². The molecule has 0 bridgehead atoms. The van der Waals surface area contributed by atoms with Crippen LogP contribution in [0, 0.1) is 6.92 Å². The van der Waals surface area contributed by atoms with Crippen molar-refractivity contribution >= 4 is 39.8 Å². The van der Waals surface area contributed by atoms with E-state index in [-0.39, 0.29) is 11.6 Å². The van der Waals surface area contributed by atoms with Gasteiger partial charge in [-0.15, -0.1) is 0 Å². The first kappa shape index (κ1) is 19.8. The van der Waals surface area contributed by atoms with Crippen LogP contribution in [0.1, 0.15) is 27.0 Å². The number of aryl methyl sites for hydroxylation is 1. The number of ether oxygens (including phenoxy) is 2. The van der Waals surface area contributed by atoms with Crippen LogP contribution in [0.4, 0.5) is 0 Å². The summed E-state index contributed by atoms with van der Waals surface area (Å²) in [5.41, 5.74) is 3.19. The molecule has 0 amide bonds. The Morgan fingerprint density at radius 2 is 1.80 bits per heavy atom. The molecule has 1 heterocycles. The maximum Gasteiger partial charge on any atom is 0.363 e. The van der Waals surface area contributed by atoms with E-state index in [0.717, 1.165) is 16.7 Å². The highest BCUT2D eigenvalue weighted by atomic mass is 79.9. The van der Waals surface area contributed by atoms with Gasteiger partial charge in [-0.1, -0.05) is 42.0 Å². The molecule has 0 N–H and O–H groups in total. The van der Waals surface area contributed by atoms with Gasteiger partial charge in [-0.3, -0.25) is 0 Å². The summed E-state index contributed by atoms with van der Waals surface area (Å²) < 4.78 is 11.4. The Balaban J connectivity index is 1.50. The molecule has 6 heteroatoms. The van der Waals surface area contributed by atoms with E-state index < -0.39 is 11.9 Å². The first-order valence-electron chi connectivity index (χ1n) is 9.16. The maximum atomic E-state index is 12.3. The molecule has 0 saturated carbocycles. The van der Waals surface area contributed by atoms with Crippen LogP contribution in [0.25, 0.3) is 6.08 Å². The Bertz CT molecular complexity index is 1200. The number of hydrogen-bond donors (Lipinski definition) is 0. The highest BCUT2D eigenvalue weighted by Crippen LogP contribution is 2.22. The van der Waals surface area contributed by atoms with E-state index in [1.165, 1.54) is 0 Å². The molecule has 30 heavy (non-hydrogen) atoms. The molecule has 3 aromatic rings. The van der Waals surface area contributed by atoms with E-state index in [1.807, 2.05) is 37.3 Å². The highest BCUT2D eigenvalue weighted by Gasteiger charge is 2.24. The van der Waals surface area contributed by atoms with Crippen LogP contribution in [0.15, 0.2) is 88.0 Å². The fourth-order valence-electron chi connectivity index (χ4n) is 2.89. The number of nitrogens with zero attached hydrogens (tertiary/aromatic N) is 1. The molecule has 5 nitrogen and oxygen atoms in total. The molecule has 1 aliphatic heterocycles. The third kappa shape index (κ3) is 4.39. The third-order valence-electron chi connectivity index (χ3n) is 4.37. The van der Waals surface area contributed by atoms with E-state index >= 15 is 0 Å². The fourth-order valence-corrected chi connectivity index (χ4v) is 3.34. The summed E-state index contributed by atoms with van der Waals surface area (Å²) in [5.74, 6) is -0.277. The number of cyclic esters (lactones) is 1. The van der Waals surface area contributed by atoms with Gasteiger partial charge in [0.2, 0.25) is 5.90 Å². The topological polar surface area (TPSA) is 65.0 Å². The summed E-state index contributed by atoms with van der Waals surface area (Å²) in [4.78, 5) is 28.8. The van der Waals surface area contributed by atoms with Crippen LogP contribution in [0.3, 0.4) is 0 Å². The summed E-state index contributed by atoms with van der Waals surface area (Å²) in [5, 5.41) is 0. The van der Waals surface area contributed by atoms with Crippen molar-refractivity contribution < 1.29 is 19.1 Å². The van der Waals surface area contributed by atoms with Crippen LogP contribution in [0.5, 0.6) is 5.75 Å². The van der Waals surface area contributed by atoms with E-state index in [1.54, 1.807) is 48.5 Å². The SMILES string of the molecule is Cc1cccc(C2=N/C(=C\c3ccc(OC(=O)c4ccccc4Br)cc3)C(=O)O2)c1. The number of carbonyl (C=O) groups is 2. The number of halogens is 1. The lowest BCUT2D eigenvalue weighted by atomic mass is 10.1. The summed E-state index contributed by atoms with van der Waals surface area (Å²) in [7, 11) is 0. The molecule has 1 aliphatic rings. The first-order chi connectivity index (χ1) is 14.5. The van der Waals surface area contributed by atoms with Crippen molar-refractivity contribution in [2.45, 2.75) is 6.92 Å². The second kappa shape index (κ2) is 8.47. The molecule has 0 spiro atoms. The monoisotopic (exact) mass is 461 g/mol. The van der Waals surface area contributed by atoms with Crippen molar-refractivity contribution in [3.63, 3.8) is 0 Å². The third-order valence-corrected chi connectivity index (χ3v) is 5.06. The lowest BCUT2D eigenvalue weighted by Gasteiger charge is -2.06. The predicted molar refractivity (Wildman–Crippen MR) is 117 cm³/mol.